The number of hydrazone groups is 1. The van der Waals surface area contributed by atoms with Crippen molar-refractivity contribution in [2.75, 3.05) is 12.8 Å². The number of carbonyl (C=O) groups excluding carboxylic acids is 2. The Balaban J connectivity index is 2.48. The predicted molar refractivity (Wildman–Crippen MR) is 120 cm³/mol. The van der Waals surface area contributed by atoms with E-state index in [4.69, 9.17) is 0 Å². The van der Waals surface area contributed by atoms with Crippen LogP contribution >= 0.6 is 11.8 Å². The molecule has 2 amide bonds. The highest BCUT2D eigenvalue weighted by Crippen LogP contribution is 2.48. The van der Waals surface area contributed by atoms with E-state index < -0.39 is 20.3 Å². The molecule has 10 heteroatoms. The molecule has 0 spiro atoms. The van der Waals surface area contributed by atoms with Crippen LogP contribution in [0.3, 0.4) is 0 Å². The molecule has 0 aromatic heterocycles. The average Bonchev–Trinajstić information content (AvgIpc) is 2.99. The highest BCUT2D eigenvalue weighted by atomic mass is 32.2. The van der Waals surface area contributed by atoms with Crippen LogP contribution < -0.4 is 10.0 Å². The van der Waals surface area contributed by atoms with Crippen LogP contribution in [0.4, 0.5) is 0 Å². The van der Waals surface area contributed by atoms with E-state index in [2.05, 4.69) is 15.1 Å². The summed E-state index contributed by atoms with van der Waals surface area (Å²) in [5.74, 6) is -0.771. The first-order valence-corrected chi connectivity index (χ1v) is 12.4. The second-order valence-corrected chi connectivity index (χ2v) is 11.7. The number of nitrogens with one attached hydrogen (secondary N) is 2. The molecule has 0 aliphatic carbocycles. The summed E-state index contributed by atoms with van der Waals surface area (Å²) in [5.41, 5.74) is 0.161. The lowest BCUT2D eigenvalue weighted by Crippen LogP contribution is -2.45. The lowest BCUT2D eigenvalue weighted by molar-refractivity contribution is -0.138. The van der Waals surface area contributed by atoms with E-state index in [0.717, 1.165) is 11.8 Å². The molecule has 0 unspecified atom stereocenters. The van der Waals surface area contributed by atoms with Crippen LogP contribution in [0.2, 0.25) is 0 Å². The molecule has 1 aliphatic heterocycles. The van der Waals surface area contributed by atoms with Crippen molar-refractivity contribution in [2.45, 2.75) is 45.9 Å². The summed E-state index contributed by atoms with van der Waals surface area (Å²) >= 11 is 1.25. The van der Waals surface area contributed by atoms with E-state index in [1.54, 1.807) is 34.6 Å². The highest BCUT2D eigenvalue weighted by Gasteiger charge is 2.49. The smallest absolute Gasteiger partial charge is 0.246 e. The van der Waals surface area contributed by atoms with Crippen molar-refractivity contribution in [3.05, 3.63) is 35.9 Å². The standard InChI is InChI=1S/C20H30N4O4S2/c1-14(2)16(25)24-20(12-13-21-30(6,27)28,15-10-8-7-9-11-15)29-18(23-24)22-17(26)19(3,4)5/h7-11,14,21H,12-13H2,1-6H3,(H,22,23,26)/t20-/m0/s1. The second-order valence-electron chi connectivity index (χ2n) is 8.58. The summed E-state index contributed by atoms with van der Waals surface area (Å²) < 4.78 is 25.7. The average molecular weight is 455 g/mol. The number of amides is 2. The Hall–Kier alpha value is -1.91. The molecule has 1 heterocycles. The molecule has 0 saturated heterocycles. The van der Waals surface area contributed by atoms with Crippen molar-refractivity contribution >= 4 is 38.8 Å². The maximum atomic E-state index is 13.1. The molecule has 0 saturated carbocycles. The first-order chi connectivity index (χ1) is 13.8. The molecule has 0 fully saturated rings. The summed E-state index contributed by atoms with van der Waals surface area (Å²) in [6.45, 7) is 9.04. The minimum absolute atomic E-state index is 0.110. The number of amidine groups is 1. The van der Waals surface area contributed by atoms with Gasteiger partial charge in [-0.15, -0.1) is 5.10 Å². The molecule has 2 rings (SSSR count). The quantitative estimate of drug-likeness (QED) is 0.686. The van der Waals surface area contributed by atoms with Gasteiger partial charge >= 0.3 is 0 Å². The van der Waals surface area contributed by atoms with Gasteiger partial charge in [-0.1, -0.05) is 76.7 Å². The van der Waals surface area contributed by atoms with Gasteiger partial charge in [0.15, 0.2) is 5.17 Å². The Morgan fingerprint density at radius 2 is 1.80 bits per heavy atom. The first-order valence-electron chi connectivity index (χ1n) is 9.69. The van der Waals surface area contributed by atoms with Gasteiger partial charge in [-0.3, -0.25) is 9.59 Å². The molecule has 1 aromatic rings. The third-order valence-electron chi connectivity index (χ3n) is 4.46. The van der Waals surface area contributed by atoms with Crippen LogP contribution in [-0.2, 0) is 24.5 Å². The molecule has 8 nitrogen and oxygen atoms in total. The molecule has 1 aromatic carbocycles. The number of hydrogen-bond acceptors (Lipinski definition) is 6. The van der Waals surface area contributed by atoms with Crippen LogP contribution in [0.15, 0.2) is 35.4 Å². The first kappa shape index (κ1) is 24.4. The summed E-state index contributed by atoms with van der Waals surface area (Å²) in [7, 11) is -3.40. The van der Waals surface area contributed by atoms with Crippen molar-refractivity contribution in [3.8, 4) is 0 Å². The zero-order valence-electron chi connectivity index (χ0n) is 18.2. The van der Waals surface area contributed by atoms with Crippen molar-refractivity contribution in [1.82, 2.24) is 15.0 Å². The van der Waals surface area contributed by atoms with E-state index in [1.165, 1.54) is 16.8 Å². The third-order valence-corrected chi connectivity index (χ3v) is 6.51. The summed E-state index contributed by atoms with van der Waals surface area (Å²) in [6, 6.07) is 9.32. The van der Waals surface area contributed by atoms with E-state index in [9.17, 15) is 18.0 Å². The van der Waals surface area contributed by atoms with Crippen molar-refractivity contribution < 1.29 is 18.0 Å². The maximum absolute atomic E-state index is 13.1. The molecular formula is C20H30N4O4S2. The molecular weight excluding hydrogens is 424 g/mol. The number of hydrogen-bond donors (Lipinski definition) is 2. The minimum Gasteiger partial charge on any atom is -0.303 e. The van der Waals surface area contributed by atoms with Gasteiger partial charge in [-0.2, -0.15) is 0 Å². The van der Waals surface area contributed by atoms with Crippen molar-refractivity contribution in [2.24, 2.45) is 16.4 Å². The minimum atomic E-state index is -3.40. The third kappa shape index (κ3) is 5.83. The Labute approximate surface area is 182 Å². The fourth-order valence-corrected chi connectivity index (χ4v) is 4.52. The van der Waals surface area contributed by atoms with Gasteiger partial charge in [0.1, 0.15) is 4.87 Å². The van der Waals surface area contributed by atoms with Crippen LogP contribution in [0.1, 0.15) is 46.6 Å². The van der Waals surface area contributed by atoms with E-state index in [1.807, 2.05) is 30.3 Å². The Morgan fingerprint density at radius 3 is 2.30 bits per heavy atom. The van der Waals surface area contributed by atoms with Crippen molar-refractivity contribution in [3.63, 3.8) is 0 Å². The Bertz CT molecular complexity index is 924. The Kier molecular flexibility index (Phi) is 7.36. The number of carbonyl (C=O) groups is 2. The van der Waals surface area contributed by atoms with Crippen LogP contribution in [0.5, 0.6) is 0 Å². The van der Waals surface area contributed by atoms with Crippen LogP contribution in [-0.4, -0.2) is 43.2 Å². The van der Waals surface area contributed by atoms with E-state index >= 15 is 0 Å². The van der Waals surface area contributed by atoms with Crippen LogP contribution in [0, 0.1) is 11.3 Å². The molecule has 2 N–H and O–H groups in total. The maximum Gasteiger partial charge on any atom is 0.246 e. The lowest BCUT2D eigenvalue weighted by Gasteiger charge is -2.36. The summed E-state index contributed by atoms with van der Waals surface area (Å²) in [5, 5.41) is 8.98. The van der Waals surface area contributed by atoms with Gasteiger partial charge in [0.2, 0.25) is 21.8 Å². The molecule has 1 aliphatic rings. The number of thioether (sulfide) groups is 1. The van der Waals surface area contributed by atoms with Gasteiger partial charge < -0.3 is 5.32 Å². The normalized spacial score (nSPS) is 19.7. The molecule has 30 heavy (non-hydrogen) atoms. The van der Waals surface area contributed by atoms with Crippen LogP contribution in [0.25, 0.3) is 0 Å². The van der Waals surface area contributed by atoms with Gasteiger partial charge in [-0.05, 0) is 5.56 Å². The zero-order chi connectivity index (χ0) is 22.7. The van der Waals surface area contributed by atoms with Gasteiger partial charge in [0.25, 0.3) is 0 Å². The van der Waals surface area contributed by atoms with Gasteiger partial charge in [-0.25, -0.2) is 18.1 Å². The number of benzene rings is 1. The molecule has 166 valence electrons. The highest BCUT2D eigenvalue weighted by molar-refractivity contribution is 8.14. The topological polar surface area (TPSA) is 108 Å². The zero-order valence-corrected chi connectivity index (χ0v) is 19.9. The SMILES string of the molecule is CC(C)C(=O)N1N=C(NC(=O)C(C)(C)C)S[C@@]1(CCNS(C)(=O)=O)c1ccccc1. The van der Waals surface area contributed by atoms with E-state index in [0.29, 0.717) is 5.17 Å². The second kappa shape index (κ2) is 9.07. The summed E-state index contributed by atoms with van der Waals surface area (Å²) in [6.07, 6.45) is 1.36. The largest absolute Gasteiger partial charge is 0.303 e. The fourth-order valence-electron chi connectivity index (χ4n) is 2.79. The lowest BCUT2D eigenvalue weighted by atomic mass is 9.96. The van der Waals surface area contributed by atoms with Crippen molar-refractivity contribution in [1.29, 1.82) is 0 Å². The molecule has 0 radical (unpaired) electrons. The fraction of sp³-hybridized carbons (Fsp3) is 0.550. The summed E-state index contributed by atoms with van der Waals surface area (Å²) in [4.78, 5) is 24.6. The monoisotopic (exact) mass is 454 g/mol. The number of sulfonamides is 1. The van der Waals surface area contributed by atoms with E-state index in [-0.39, 0.29) is 30.7 Å². The van der Waals surface area contributed by atoms with Gasteiger partial charge in [0, 0.05) is 24.3 Å². The molecule has 1 atom stereocenters. The Morgan fingerprint density at radius 1 is 1.20 bits per heavy atom. The molecule has 0 bridgehead atoms. The predicted octanol–water partition coefficient (Wildman–Crippen LogP) is 2.44. The number of rotatable bonds is 6. The number of nitrogens with zero attached hydrogens (tertiary/aromatic N) is 2. The van der Waals surface area contributed by atoms with Gasteiger partial charge in [0.05, 0.1) is 6.26 Å².